The number of rotatable bonds is 8. The number of methoxy groups -OCH3 is 1. The van der Waals surface area contributed by atoms with Gasteiger partial charge in [0.15, 0.2) is 11.5 Å². The highest BCUT2D eigenvalue weighted by molar-refractivity contribution is 6.30. The Morgan fingerprint density at radius 3 is 2.59 bits per heavy atom. The molecule has 0 heterocycles. The van der Waals surface area contributed by atoms with Crippen LogP contribution in [0.3, 0.4) is 0 Å². The van der Waals surface area contributed by atoms with Crippen LogP contribution >= 0.6 is 11.6 Å². The molecular formula is C18H19ClO3. The number of ether oxygens (including phenoxy) is 3. The first-order valence-corrected chi connectivity index (χ1v) is 7.39. The highest BCUT2D eigenvalue weighted by atomic mass is 35.5. The molecule has 0 atom stereocenters. The van der Waals surface area contributed by atoms with Crippen LogP contribution < -0.4 is 14.2 Å². The number of halogens is 1. The highest BCUT2D eigenvalue weighted by Gasteiger charge is 2.05. The molecule has 4 heteroatoms. The second-order valence-corrected chi connectivity index (χ2v) is 5.07. The van der Waals surface area contributed by atoms with E-state index in [0.29, 0.717) is 29.7 Å². The molecule has 0 spiro atoms. The number of hydrogen-bond donors (Lipinski definition) is 0. The maximum Gasteiger partial charge on any atom is 0.161 e. The smallest absolute Gasteiger partial charge is 0.161 e. The first-order valence-electron chi connectivity index (χ1n) is 7.02. The number of hydrogen-bond acceptors (Lipinski definition) is 3. The molecule has 116 valence electrons. The summed E-state index contributed by atoms with van der Waals surface area (Å²) in [6.45, 7) is 4.58. The fourth-order valence-electron chi connectivity index (χ4n) is 1.99. The standard InChI is InChI=1S/C18H19ClO3/c1-3-5-14-8-9-17(18(12-14)20-2)22-11-10-21-16-7-4-6-15(19)13-16/h3-4,6-9,12-13H,1,5,10-11H2,2H3. The maximum absolute atomic E-state index is 5.90. The van der Waals surface area contributed by atoms with Gasteiger partial charge in [-0.15, -0.1) is 6.58 Å². The summed E-state index contributed by atoms with van der Waals surface area (Å²) in [5, 5.41) is 0.651. The Labute approximate surface area is 136 Å². The Morgan fingerprint density at radius 1 is 1.05 bits per heavy atom. The zero-order valence-corrected chi connectivity index (χ0v) is 13.3. The van der Waals surface area contributed by atoms with Crippen LogP contribution in [-0.2, 0) is 6.42 Å². The zero-order chi connectivity index (χ0) is 15.8. The lowest BCUT2D eigenvalue weighted by atomic mass is 10.1. The molecule has 0 radical (unpaired) electrons. The molecule has 2 rings (SSSR count). The van der Waals surface area contributed by atoms with Crippen LogP contribution in [0.5, 0.6) is 17.2 Å². The first-order chi connectivity index (χ1) is 10.7. The van der Waals surface area contributed by atoms with Crippen molar-refractivity contribution >= 4 is 11.6 Å². The van der Waals surface area contributed by atoms with E-state index >= 15 is 0 Å². The van der Waals surface area contributed by atoms with Gasteiger partial charge in [0.2, 0.25) is 0 Å². The molecule has 0 aromatic heterocycles. The largest absolute Gasteiger partial charge is 0.493 e. The van der Waals surface area contributed by atoms with Crippen LogP contribution in [0.4, 0.5) is 0 Å². The van der Waals surface area contributed by atoms with Crippen molar-refractivity contribution in [1.29, 1.82) is 0 Å². The van der Waals surface area contributed by atoms with E-state index in [-0.39, 0.29) is 0 Å². The normalized spacial score (nSPS) is 10.1. The van der Waals surface area contributed by atoms with Crippen molar-refractivity contribution in [2.24, 2.45) is 0 Å². The summed E-state index contributed by atoms with van der Waals surface area (Å²) in [5.74, 6) is 2.14. The van der Waals surface area contributed by atoms with E-state index in [1.807, 2.05) is 36.4 Å². The molecule has 0 unspecified atom stereocenters. The van der Waals surface area contributed by atoms with Crippen molar-refractivity contribution in [2.45, 2.75) is 6.42 Å². The molecule has 0 fully saturated rings. The third-order valence-corrected chi connectivity index (χ3v) is 3.25. The second-order valence-electron chi connectivity index (χ2n) is 4.63. The van der Waals surface area contributed by atoms with E-state index in [0.717, 1.165) is 17.7 Å². The molecule has 0 saturated heterocycles. The topological polar surface area (TPSA) is 27.7 Å². The summed E-state index contributed by atoms with van der Waals surface area (Å²) in [4.78, 5) is 0. The van der Waals surface area contributed by atoms with Crippen LogP contribution in [0.2, 0.25) is 5.02 Å². The minimum absolute atomic E-state index is 0.420. The lowest BCUT2D eigenvalue weighted by Crippen LogP contribution is -2.09. The van der Waals surface area contributed by atoms with Gasteiger partial charge in [-0.3, -0.25) is 0 Å². The van der Waals surface area contributed by atoms with Gasteiger partial charge in [0.1, 0.15) is 19.0 Å². The summed E-state index contributed by atoms with van der Waals surface area (Å²) >= 11 is 5.90. The van der Waals surface area contributed by atoms with Gasteiger partial charge >= 0.3 is 0 Å². The third-order valence-electron chi connectivity index (χ3n) is 3.01. The fourth-order valence-corrected chi connectivity index (χ4v) is 2.17. The van der Waals surface area contributed by atoms with E-state index in [1.165, 1.54) is 0 Å². The lowest BCUT2D eigenvalue weighted by molar-refractivity contribution is 0.211. The monoisotopic (exact) mass is 318 g/mol. The molecule has 2 aromatic rings. The Hall–Kier alpha value is -2.13. The Morgan fingerprint density at radius 2 is 1.86 bits per heavy atom. The van der Waals surface area contributed by atoms with Crippen LogP contribution in [0.15, 0.2) is 55.1 Å². The van der Waals surface area contributed by atoms with Crippen LogP contribution in [-0.4, -0.2) is 20.3 Å². The summed E-state index contributed by atoms with van der Waals surface area (Å²) in [6, 6.07) is 13.1. The predicted octanol–water partition coefficient (Wildman–Crippen LogP) is 4.53. The lowest BCUT2D eigenvalue weighted by Gasteiger charge is -2.12. The Kier molecular flexibility index (Phi) is 6.16. The maximum atomic E-state index is 5.90. The van der Waals surface area contributed by atoms with Gasteiger partial charge in [0, 0.05) is 5.02 Å². The second kappa shape index (κ2) is 8.35. The average molecular weight is 319 g/mol. The molecule has 22 heavy (non-hydrogen) atoms. The van der Waals surface area contributed by atoms with Crippen molar-refractivity contribution in [2.75, 3.05) is 20.3 Å². The first kappa shape index (κ1) is 16.2. The Balaban J connectivity index is 1.87. The quantitative estimate of drug-likeness (QED) is 0.528. The van der Waals surface area contributed by atoms with Crippen molar-refractivity contribution in [1.82, 2.24) is 0 Å². The fraction of sp³-hybridized carbons (Fsp3) is 0.222. The van der Waals surface area contributed by atoms with Gasteiger partial charge in [0.25, 0.3) is 0 Å². The van der Waals surface area contributed by atoms with Gasteiger partial charge in [-0.05, 0) is 42.3 Å². The molecule has 0 N–H and O–H groups in total. The molecule has 2 aromatic carbocycles. The summed E-state index contributed by atoms with van der Waals surface area (Å²) in [7, 11) is 1.63. The van der Waals surface area contributed by atoms with Gasteiger partial charge < -0.3 is 14.2 Å². The third kappa shape index (κ3) is 4.71. The van der Waals surface area contributed by atoms with Crippen molar-refractivity contribution < 1.29 is 14.2 Å². The highest BCUT2D eigenvalue weighted by Crippen LogP contribution is 2.28. The Bertz CT molecular complexity index is 625. The van der Waals surface area contributed by atoms with Crippen LogP contribution in [0.1, 0.15) is 5.56 Å². The molecule has 0 aliphatic heterocycles. The summed E-state index contributed by atoms with van der Waals surface area (Å²) in [5.41, 5.74) is 1.13. The van der Waals surface area contributed by atoms with E-state index in [1.54, 1.807) is 19.2 Å². The molecule has 0 amide bonds. The number of benzene rings is 2. The summed E-state index contributed by atoms with van der Waals surface area (Å²) in [6.07, 6.45) is 2.66. The van der Waals surface area contributed by atoms with Crippen molar-refractivity contribution in [3.63, 3.8) is 0 Å². The molecular weight excluding hydrogens is 300 g/mol. The number of allylic oxidation sites excluding steroid dienone is 1. The van der Waals surface area contributed by atoms with Gasteiger partial charge in [-0.25, -0.2) is 0 Å². The van der Waals surface area contributed by atoms with Crippen molar-refractivity contribution in [3.05, 3.63) is 65.7 Å². The van der Waals surface area contributed by atoms with E-state index in [4.69, 9.17) is 25.8 Å². The van der Waals surface area contributed by atoms with Gasteiger partial charge in [0.05, 0.1) is 7.11 Å². The minimum Gasteiger partial charge on any atom is -0.493 e. The average Bonchev–Trinajstić information content (AvgIpc) is 2.53. The summed E-state index contributed by atoms with van der Waals surface area (Å²) < 4.78 is 16.6. The van der Waals surface area contributed by atoms with Crippen LogP contribution in [0.25, 0.3) is 0 Å². The molecule has 0 bridgehead atoms. The minimum atomic E-state index is 0.420. The molecule has 3 nitrogen and oxygen atoms in total. The van der Waals surface area contributed by atoms with E-state index < -0.39 is 0 Å². The SMILES string of the molecule is C=CCc1ccc(OCCOc2cccc(Cl)c2)c(OC)c1. The van der Waals surface area contributed by atoms with Gasteiger partial charge in [-0.2, -0.15) is 0 Å². The van der Waals surface area contributed by atoms with Crippen LogP contribution in [0, 0.1) is 0 Å². The van der Waals surface area contributed by atoms with E-state index in [2.05, 4.69) is 6.58 Å². The van der Waals surface area contributed by atoms with Gasteiger partial charge in [-0.1, -0.05) is 29.8 Å². The van der Waals surface area contributed by atoms with Crippen molar-refractivity contribution in [3.8, 4) is 17.2 Å². The zero-order valence-electron chi connectivity index (χ0n) is 12.5. The predicted molar refractivity (Wildman–Crippen MR) is 89.3 cm³/mol. The van der Waals surface area contributed by atoms with E-state index in [9.17, 15) is 0 Å². The molecule has 0 aliphatic rings. The molecule has 0 saturated carbocycles. The molecule has 0 aliphatic carbocycles.